The zero-order valence-corrected chi connectivity index (χ0v) is 46.1. The Bertz CT molecular complexity index is 3240. The number of nitrogens with one attached hydrogen (secondary N) is 4. The second kappa shape index (κ2) is 22.9. The van der Waals surface area contributed by atoms with E-state index in [0.29, 0.717) is 110 Å². The number of aromatic nitrogens is 6. The Balaban J connectivity index is 0.787. The minimum Gasteiger partial charge on any atom is -0.491 e. The SMILES string of the molecule is CNC(C)C(=O)NC(C(=O)N1CCC[C@H]1c1nc(C(=O)c2ccc(F)cc2)cs1)C1CCN(C(=O)c2ccc(N3CCN(CCOc4cc5ncnc(Nc6n[nH]c(C)c6C)c5cc4S(=O)(=O)C(C)(C)C)CC3)nc2)CC1. The first-order chi connectivity index (χ1) is 36.8. The predicted octanol–water partition coefficient (Wildman–Crippen LogP) is 6.02. The number of ketones is 1. The second-order valence-electron chi connectivity index (χ2n) is 20.9. The molecule has 0 bridgehead atoms. The van der Waals surface area contributed by atoms with Gasteiger partial charge in [0.1, 0.15) is 57.8 Å². The van der Waals surface area contributed by atoms with Crippen LogP contribution in [0, 0.1) is 25.6 Å². The highest BCUT2D eigenvalue weighted by Gasteiger charge is 2.42. The van der Waals surface area contributed by atoms with Crippen LogP contribution in [0.1, 0.15) is 102 Å². The van der Waals surface area contributed by atoms with Crippen LogP contribution in [-0.4, -0.2) is 160 Å². The van der Waals surface area contributed by atoms with Crippen LogP contribution in [0.15, 0.2) is 71.3 Å². The van der Waals surface area contributed by atoms with Crippen molar-refractivity contribution in [3.8, 4) is 5.75 Å². The van der Waals surface area contributed by atoms with Crippen LogP contribution in [0.5, 0.6) is 5.75 Å². The summed E-state index contributed by atoms with van der Waals surface area (Å²) in [4.78, 5) is 81.3. The van der Waals surface area contributed by atoms with Crippen molar-refractivity contribution in [1.82, 2.24) is 55.5 Å². The number of hydrogen-bond donors (Lipinski definition) is 4. The smallest absolute Gasteiger partial charge is 0.255 e. The van der Waals surface area contributed by atoms with E-state index in [4.69, 9.17) is 9.72 Å². The number of aromatic amines is 1. The molecule has 77 heavy (non-hydrogen) atoms. The molecule has 0 spiro atoms. The number of nitrogens with zero attached hydrogens (tertiary/aromatic N) is 9. The standard InChI is InChI=1S/C54H66FN13O7S2/c1-32-33(2)63-64-48(32)62-49-39-27-44(77(73,74)54(4,5)6)43(28-40(39)58-31-59-49)75-26-25-65-21-23-66(24-22-65)45-15-12-37(29-57-45)52(71)67-19-16-35(17-20-67)46(61-50(70)34(3)56-7)53(72)68-18-8-9-42(68)51-60-41(30-76-51)47(69)36-10-13-38(55)14-11-36/h10-15,27-31,34-35,42,46,56H,8-9,16-26H2,1-7H3,(H,61,70)(H2,58,59,62,63,64)/t34?,42-,46?/m0/s1. The first-order valence-electron chi connectivity index (χ1n) is 26.0. The summed E-state index contributed by atoms with van der Waals surface area (Å²) >= 11 is 1.30. The maximum atomic E-state index is 14.6. The molecule has 9 rings (SSSR count). The first-order valence-corrected chi connectivity index (χ1v) is 28.4. The number of halogens is 1. The highest BCUT2D eigenvalue weighted by molar-refractivity contribution is 7.92. The number of aryl methyl sites for hydroxylation is 1. The van der Waals surface area contributed by atoms with E-state index in [1.165, 1.54) is 41.9 Å². The normalized spacial score (nSPS) is 17.6. The Morgan fingerprint density at radius 3 is 2.30 bits per heavy atom. The summed E-state index contributed by atoms with van der Waals surface area (Å²) < 4.78 is 46.8. The van der Waals surface area contributed by atoms with Crippen molar-refractivity contribution in [3.05, 3.63) is 105 Å². The minimum atomic E-state index is -3.86. The molecule has 3 saturated heterocycles. The molecule has 4 N–H and O–H groups in total. The fourth-order valence-corrected chi connectivity index (χ4v) is 12.1. The summed E-state index contributed by atoms with van der Waals surface area (Å²) in [7, 11) is -2.18. The lowest BCUT2D eigenvalue weighted by molar-refractivity contribution is -0.139. The number of sulfone groups is 1. The summed E-state index contributed by atoms with van der Waals surface area (Å²) in [5, 5.41) is 19.3. The number of likely N-dealkylation sites (N-methyl/N-ethyl adjacent to an activating group) is 1. The molecule has 2 unspecified atom stereocenters. The average molecular weight is 1090 g/mol. The van der Waals surface area contributed by atoms with Gasteiger partial charge in [0.2, 0.25) is 17.6 Å². The Kier molecular flexibility index (Phi) is 16.3. The van der Waals surface area contributed by atoms with Crippen molar-refractivity contribution in [2.45, 2.75) is 95.0 Å². The molecule has 20 nitrogen and oxygen atoms in total. The van der Waals surface area contributed by atoms with Crippen LogP contribution in [0.4, 0.5) is 21.8 Å². The fourth-order valence-electron chi connectivity index (χ4n) is 9.89. The van der Waals surface area contributed by atoms with E-state index >= 15 is 0 Å². The zero-order chi connectivity index (χ0) is 54.8. The Labute approximate surface area is 451 Å². The Morgan fingerprint density at radius 2 is 1.64 bits per heavy atom. The highest BCUT2D eigenvalue weighted by Crippen LogP contribution is 2.39. The molecule has 2 aromatic carbocycles. The topological polar surface area (TPSA) is 241 Å². The van der Waals surface area contributed by atoms with E-state index < -0.39 is 32.5 Å². The zero-order valence-electron chi connectivity index (χ0n) is 44.4. The largest absolute Gasteiger partial charge is 0.491 e. The molecule has 4 aromatic heterocycles. The van der Waals surface area contributed by atoms with Gasteiger partial charge in [0.15, 0.2) is 15.7 Å². The van der Waals surface area contributed by atoms with Crippen molar-refractivity contribution in [1.29, 1.82) is 0 Å². The number of thiazole rings is 1. The summed E-state index contributed by atoms with van der Waals surface area (Å²) in [6.45, 7) is 15.4. The van der Waals surface area contributed by atoms with Gasteiger partial charge in [-0.25, -0.2) is 32.7 Å². The van der Waals surface area contributed by atoms with Crippen LogP contribution in [-0.2, 0) is 19.4 Å². The number of piperazine rings is 1. The number of fused-ring (bicyclic) bond motifs is 1. The molecule has 23 heteroatoms. The third-order valence-electron chi connectivity index (χ3n) is 15.0. The number of pyridine rings is 1. The molecule has 0 radical (unpaired) electrons. The Hall–Kier alpha value is -6.95. The summed E-state index contributed by atoms with van der Waals surface area (Å²) in [5.41, 5.74) is 3.34. The van der Waals surface area contributed by atoms with Gasteiger partial charge in [-0.15, -0.1) is 11.3 Å². The molecule has 6 aromatic rings. The van der Waals surface area contributed by atoms with Crippen molar-refractivity contribution in [2.75, 3.05) is 76.2 Å². The number of H-pyrrole nitrogens is 1. The highest BCUT2D eigenvalue weighted by atomic mass is 32.2. The number of hydrogen-bond acceptors (Lipinski definition) is 17. The number of piperidine rings is 1. The minimum absolute atomic E-state index is 0.0614. The third-order valence-corrected chi connectivity index (χ3v) is 18.5. The number of carbonyl (C=O) groups is 4. The maximum Gasteiger partial charge on any atom is 0.255 e. The molecule has 3 aliphatic rings. The molecule has 3 atom stereocenters. The molecule has 7 heterocycles. The van der Waals surface area contributed by atoms with E-state index in [0.717, 1.165) is 23.5 Å². The van der Waals surface area contributed by atoms with Gasteiger partial charge in [0.25, 0.3) is 5.91 Å². The molecule has 3 amide bonds. The molecular weight excluding hydrogens is 1030 g/mol. The molecule has 0 aliphatic carbocycles. The van der Waals surface area contributed by atoms with Gasteiger partial charge in [-0.2, -0.15) is 5.10 Å². The number of anilines is 3. The van der Waals surface area contributed by atoms with E-state index in [1.807, 2.05) is 19.9 Å². The molecule has 3 aliphatic heterocycles. The van der Waals surface area contributed by atoms with Gasteiger partial charge in [-0.3, -0.25) is 29.2 Å². The summed E-state index contributed by atoms with van der Waals surface area (Å²) in [5.74, 6) is 0.288. The van der Waals surface area contributed by atoms with E-state index in [-0.39, 0.29) is 58.4 Å². The van der Waals surface area contributed by atoms with Gasteiger partial charge in [-0.1, -0.05) is 0 Å². The molecule has 408 valence electrons. The number of rotatable bonds is 17. The van der Waals surface area contributed by atoms with Gasteiger partial charge < -0.3 is 35.4 Å². The summed E-state index contributed by atoms with van der Waals surface area (Å²) in [6.07, 6.45) is 5.38. The van der Waals surface area contributed by atoms with Crippen LogP contribution >= 0.6 is 11.3 Å². The van der Waals surface area contributed by atoms with Crippen LogP contribution in [0.2, 0.25) is 0 Å². The van der Waals surface area contributed by atoms with Gasteiger partial charge >= 0.3 is 0 Å². The predicted molar refractivity (Wildman–Crippen MR) is 291 cm³/mol. The van der Waals surface area contributed by atoms with Crippen molar-refractivity contribution in [3.63, 3.8) is 0 Å². The number of amides is 3. The van der Waals surface area contributed by atoms with E-state index in [2.05, 4.69) is 50.9 Å². The number of benzene rings is 2. The van der Waals surface area contributed by atoms with Gasteiger partial charge in [0, 0.05) is 92.2 Å². The quantitative estimate of drug-likeness (QED) is 0.0764. The second-order valence-corrected chi connectivity index (χ2v) is 24.5. The first kappa shape index (κ1) is 54.8. The van der Waals surface area contributed by atoms with E-state index in [9.17, 15) is 32.0 Å². The third kappa shape index (κ3) is 11.8. The lowest BCUT2D eigenvalue weighted by atomic mass is 9.87. The lowest BCUT2D eigenvalue weighted by Crippen LogP contribution is -2.57. The van der Waals surface area contributed by atoms with Crippen molar-refractivity contribution < 1.29 is 36.7 Å². The van der Waals surface area contributed by atoms with Crippen LogP contribution in [0.25, 0.3) is 10.9 Å². The van der Waals surface area contributed by atoms with Crippen molar-refractivity contribution in [2.24, 2.45) is 5.92 Å². The fraction of sp³-hybridized carbons (Fsp3) is 0.463. The molecule has 3 fully saturated rings. The maximum absolute atomic E-state index is 14.6. The van der Waals surface area contributed by atoms with Crippen LogP contribution in [0.3, 0.4) is 0 Å². The van der Waals surface area contributed by atoms with Crippen LogP contribution < -0.4 is 25.6 Å². The molecule has 0 saturated carbocycles. The van der Waals surface area contributed by atoms with Gasteiger partial charge in [-0.05, 0) is 123 Å². The van der Waals surface area contributed by atoms with Gasteiger partial charge in [0.05, 0.1) is 27.9 Å². The number of ether oxygens (including phenoxy) is 1. The number of likely N-dealkylation sites (tertiary alicyclic amines) is 2. The van der Waals surface area contributed by atoms with E-state index in [1.54, 1.807) is 74.3 Å². The monoisotopic (exact) mass is 1090 g/mol. The number of carbonyl (C=O) groups excluding carboxylic acids is 4. The molecular formula is C54H66FN13O7S2. The lowest BCUT2D eigenvalue weighted by Gasteiger charge is -2.38. The average Bonchev–Trinajstić information content (AvgIpc) is 4.24. The summed E-state index contributed by atoms with van der Waals surface area (Å²) in [6, 6.07) is 10.5. The van der Waals surface area contributed by atoms with Crippen molar-refractivity contribution >= 4 is 73.0 Å². The Morgan fingerprint density at radius 1 is 0.909 bits per heavy atom.